The van der Waals surface area contributed by atoms with Crippen LogP contribution in [0, 0.1) is 15.9 Å². The number of aliphatic hydroxyl groups is 1. The molecule has 0 atom stereocenters. The fraction of sp³-hybridized carbons (Fsp3) is 0.500. The van der Waals surface area contributed by atoms with Crippen LogP contribution in [-0.2, 0) is 0 Å². The van der Waals surface area contributed by atoms with Gasteiger partial charge in [-0.05, 0) is 12.8 Å². The van der Waals surface area contributed by atoms with E-state index in [4.69, 9.17) is 16.7 Å². The maximum Gasteiger partial charge on any atom is 0.294 e. The van der Waals surface area contributed by atoms with Crippen LogP contribution in [0.2, 0.25) is 5.02 Å². The van der Waals surface area contributed by atoms with Gasteiger partial charge in [0.2, 0.25) is 0 Å². The third-order valence-corrected chi connectivity index (χ3v) is 2.93. The van der Waals surface area contributed by atoms with Gasteiger partial charge in [-0.1, -0.05) is 24.4 Å². The van der Waals surface area contributed by atoms with Gasteiger partial charge in [-0.3, -0.25) is 10.1 Å². The molecule has 1 aromatic rings. The van der Waals surface area contributed by atoms with E-state index in [0.717, 1.165) is 37.8 Å². The molecule has 0 saturated heterocycles. The van der Waals surface area contributed by atoms with E-state index >= 15 is 0 Å². The number of nitrogens with one attached hydrogen (secondary N) is 1. The fourth-order valence-corrected chi connectivity index (χ4v) is 1.80. The molecule has 19 heavy (non-hydrogen) atoms. The lowest BCUT2D eigenvalue weighted by Crippen LogP contribution is -2.05. The SMILES string of the molecule is O=[N+]([O-])c1cc(Cl)c(F)cc1NCCCCCCO. The first-order valence-corrected chi connectivity index (χ1v) is 6.42. The number of unbranched alkanes of at least 4 members (excludes halogenated alkanes) is 3. The Balaban J connectivity index is 2.57. The molecule has 0 fully saturated rings. The van der Waals surface area contributed by atoms with Crippen LogP contribution in [0.5, 0.6) is 0 Å². The summed E-state index contributed by atoms with van der Waals surface area (Å²) >= 11 is 5.52. The lowest BCUT2D eigenvalue weighted by Gasteiger charge is -2.07. The number of hydrogen-bond donors (Lipinski definition) is 2. The minimum Gasteiger partial charge on any atom is -0.396 e. The molecule has 0 heterocycles. The molecule has 0 aliphatic rings. The van der Waals surface area contributed by atoms with Crippen molar-refractivity contribution < 1.29 is 14.4 Å². The number of benzene rings is 1. The summed E-state index contributed by atoms with van der Waals surface area (Å²) in [6.45, 7) is 0.675. The second-order valence-electron chi connectivity index (χ2n) is 4.11. The van der Waals surface area contributed by atoms with Gasteiger partial charge in [0.15, 0.2) is 0 Å². The van der Waals surface area contributed by atoms with Crippen molar-refractivity contribution in [2.75, 3.05) is 18.5 Å². The largest absolute Gasteiger partial charge is 0.396 e. The fourth-order valence-electron chi connectivity index (χ4n) is 1.64. The highest BCUT2D eigenvalue weighted by molar-refractivity contribution is 6.31. The Kier molecular flexibility index (Phi) is 6.52. The van der Waals surface area contributed by atoms with Gasteiger partial charge in [0.05, 0.1) is 9.95 Å². The Morgan fingerprint density at radius 1 is 1.32 bits per heavy atom. The van der Waals surface area contributed by atoms with Gasteiger partial charge in [0.25, 0.3) is 5.69 Å². The summed E-state index contributed by atoms with van der Waals surface area (Å²) in [5.74, 6) is -0.685. The Bertz CT molecular complexity index is 443. The second kappa shape index (κ2) is 7.91. The van der Waals surface area contributed by atoms with Crippen LogP contribution in [0.15, 0.2) is 12.1 Å². The van der Waals surface area contributed by atoms with Crippen molar-refractivity contribution in [1.82, 2.24) is 0 Å². The van der Waals surface area contributed by atoms with Crippen molar-refractivity contribution in [1.29, 1.82) is 0 Å². The highest BCUT2D eigenvalue weighted by Gasteiger charge is 2.17. The van der Waals surface area contributed by atoms with Crippen LogP contribution < -0.4 is 5.32 Å². The Labute approximate surface area is 115 Å². The van der Waals surface area contributed by atoms with Gasteiger partial charge in [0.1, 0.15) is 11.5 Å². The maximum atomic E-state index is 13.3. The Morgan fingerprint density at radius 3 is 2.63 bits per heavy atom. The number of nitrogens with zero attached hydrogens (tertiary/aromatic N) is 1. The topological polar surface area (TPSA) is 75.4 Å². The summed E-state index contributed by atoms with van der Waals surface area (Å²) in [5, 5.41) is 22.0. The first-order valence-electron chi connectivity index (χ1n) is 6.04. The molecule has 2 N–H and O–H groups in total. The van der Waals surface area contributed by atoms with Crippen LogP contribution in [0.4, 0.5) is 15.8 Å². The molecule has 1 rings (SSSR count). The van der Waals surface area contributed by atoms with Crippen molar-refractivity contribution in [3.05, 3.63) is 33.1 Å². The lowest BCUT2D eigenvalue weighted by molar-refractivity contribution is -0.384. The highest BCUT2D eigenvalue weighted by Crippen LogP contribution is 2.30. The standard InChI is InChI=1S/C12H16ClFN2O3/c13-9-7-12(16(18)19)11(8-10(9)14)15-5-3-1-2-4-6-17/h7-8,15,17H,1-6H2. The summed E-state index contributed by atoms with van der Waals surface area (Å²) in [5.41, 5.74) is -0.101. The van der Waals surface area contributed by atoms with Crippen molar-refractivity contribution in [3.8, 4) is 0 Å². The van der Waals surface area contributed by atoms with Crippen LogP contribution in [0.1, 0.15) is 25.7 Å². The minimum atomic E-state index is -0.685. The van der Waals surface area contributed by atoms with Crippen molar-refractivity contribution in [3.63, 3.8) is 0 Å². The summed E-state index contributed by atoms with van der Waals surface area (Å²) in [6.07, 6.45) is 3.34. The van der Waals surface area contributed by atoms with E-state index in [0.29, 0.717) is 6.54 Å². The molecule has 7 heteroatoms. The minimum absolute atomic E-state index is 0.133. The quantitative estimate of drug-likeness (QED) is 0.437. The van der Waals surface area contributed by atoms with E-state index in [2.05, 4.69) is 5.32 Å². The average Bonchev–Trinajstić information content (AvgIpc) is 2.37. The van der Waals surface area contributed by atoms with Crippen LogP contribution in [0.3, 0.4) is 0 Å². The second-order valence-corrected chi connectivity index (χ2v) is 4.51. The van der Waals surface area contributed by atoms with Crippen LogP contribution in [-0.4, -0.2) is 23.2 Å². The molecular formula is C12H16ClFN2O3. The first kappa shape index (κ1) is 15.7. The number of hydrogen-bond acceptors (Lipinski definition) is 4. The molecule has 0 bridgehead atoms. The number of nitro benzene ring substituents is 1. The molecule has 5 nitrogen and oxygen atoms in total. The van der Waals surface area contributed by atoms with Crippen molar-refractivity contribution in [2.24, 2.45) is 0 Å². The van der Waals surface area contributed by atoms with Crippen molar-refractivity contribution in [2.45, 2.75) is 25.7 Å². The molecule has 0 saturated carbocycles. The predicted octanol–water partition coefficient (Wildman–Crippen LogP) is 3.35. The van der Waals surface area contributed by atoms with Crippen LogP contribution >= 0.6 is 11.6 Å². The summed E-state index contributed by atoms with van der Waals surface area (Å²) in [7, 11) is 0. The average molecular weight is 291 g/mol. The zero-order valence-corrected chi connectivity index (χ0v) is 11.1. The maximum absolute atomic E-state index is 13.3. The normalized spacial score (nSPS) is 10.5. The summed E-state index contributed by atoms with van der Waals surface area (Å²) < 4.78 is 13.3. The third kappa shape index (κ3) is 5.00. The van der Waals surface area contributed by atoms with Gasteiger partial charge < -0.3 is 10.4 Å². The van der Waals surface area contributed by atoms with Gasteiger partial charge in [-0.25, -0.2) is 4.39 Å². The van der Waals surface area contributed by atoms with E-state index in [1.54, 1.807) is 0 Å². The molecule has 0 aliphatic heterocycles. The van der Waals surface area contributed by atoms with E-state index in [1.165, 1.54) is 0 Å². The lowest BCUT2D eigenvalue weighted by atomic mass is 10.2. The molecule has 1 aromatic carbocycles. The number of halogens is 2. The molecule has 0 aliphatic carbocycles. The number of nitro groups is 1. The Morgan fingerprint density at radius 2 is 2.00 bits per heavy atom. The molecule has 0 amide bonds. The zero-order valence-electron chi connectivity index (χ0n) is 10.4. The molecular weight excluding hydrogens is 275 g/mol. The molecule has 0 aromatic heterocycles. The first-order chi connectivity index (χ1) is 9.06. The van der Waals surface area contributed by atoms with Gasteiger partial charge in [0, 0.05) is 25.3 Å². The van der Waals surface area contributed by atoms with E-state index < -0.39 is 10.7 Å². The third-order valence-electron chi connectivity index (χ3n) is 2.64. The van der Waals surface area contributed by atoms with Gasteiger partial charge >= 0.3 is 0 Å². The number of rotatable bonds is 8. The van der Waals surface area contributed by atoms with Crippen molar-refractivity contribution >= 4 is 23.0 Å². The van der Waals surface area contributed by atoms with Gasteiger partial charge in [-0.15, -0.1) is 0 Å². The zero-order chi connectivity index (χ0) is 14.3. The molecule has 0 radical (unpaired) electrons. The van der Waals surface area contributed by atoms with E-state index in [9.17, 15) is 14.5 Å². The highest BCUT2D eigenvalue weighted by atomic mass is 35.5. The number of aliphatic hydroxyl groups excluding tert-OH is 1. The monoisotopic (exact) mass is 290 g/mol. The summed E-state index contributed by atoms with van der Waals surface area (Å²) in [6, 6.07) is 2.04. The van der Waals surface area contributed by atoms with E-state index in [-0.39, 0.29) is 23.0 Å². The smallest absolute Gasteiger partial charge is 0.294 e. The summed E-state index contributed by atoms with van der Waals surface area (Å²) in [4.78, 5) is 10.2. The van der Waals surface area contributed by atoms with E-state index in [1.807, 2.05) is 0 Å². The molecule has 0 unspecified atom stereocenters. The number of anilines is 1. The van der Waals surface area contributed by atoms with Crippen LogP contribution in [0.25, 0.3) is 0 Å². The molecule has 106 valence electrons. The Hall–Kier alpha value is -1.40. The van der Waals surface area contributed by atoms with Gasteiger partial charge in [-0.2, -0.15) is 0 Å². The predicted molar refractivity (Wildman–Crippen MR) is 72.1 cm³/mol. The molecule has 0 spiro atoms.